The largest absolute Gasteiger partial charge is 0.327 e. The van der Waals surface area contributed by atoms with Crippen LogP contribution in [0.3, 0.4) is 0 Å². The topological polar surface area (TPSA) is 26.3 Å². The second kappa shape index (κ2) is 7.17. The molecule has 10 heavy (non-hydrogen) atoms. The fraction of sp³-hybridized carbons (Fsp3) is 1.00. The van der Waals surface area contributed by atoms with Crippen LogP contribution in [-0.4, -0.2) is 6.61 Å². The summed E-state index contributed by atoms with van der Waals surface area (Å²) in [4.78, 5) is 0. The van der Waals surface area contributed by atoms with Gasteiger partial charge in [0, 0.05) is 0 Å². The highest BCUT2D eigenvalue weighted by Crippen LogP contribution is 2.09. The third-order valence-electron chi connectivity index (χ3n) is 1.46. The Hall–Kier alpha value is 0.0600. The number of unbranched alkanes of at least 4 members (excludes halogenated alkanes) is 1. The Bertz CT molecular complexity index is 85.7. The lowest BCUT2D eigenvalue weighted by molar-refractivity contribution is 0.270. The van der Waals surface area contributed by atoms with Gasteiger partial charge in [0.1, 0.15) is 0 Å². The van der Waals surface area contributed by atoms with E-state index < -0.39 is 0 Å². The summed E-state index contributed by atoms with van der Waals surface area (Å²) in [7, 11) is -0.190. The minimum Gasteiger partial charge on any atom is -0.294 e. The molecule has 3 heteroatoms. The fourth-order valence-corrected chi connectivity index (χ4v) is 1.11. The van der Waals surface area contributed by atoms with Crippen LogP contribution in [0.4, 0.5) is 0 Å². The maximum Gasteiger partial charge on any atom is 0.327 e. The van der Waals surface area contributed by atoms with E-state index in [-0.39, 0.29) is 8.69 Å². The average molecular weight is 162 g/mol. The van der Waals surface area contributed by atoms with Gasteiger partial charge in [-0.25, -0.2) is 4.57 Å². The van der Waals surface area contributed by atoms with Crippen LogP contribution in [0, 0.1) is 5.92 Å². The quantitative estimate of drug-likeness (QED) is 0.561. The number of rotatable bonds is 6. The van der Waals surface area contributed by atoms with Gasteiger partial charge in [-0.15, -0.1) is 0 Å². The highest BCUT2D eigenvalue weighted by molar-refractivity contribution is 7.17. The highest BCUT2D eigenvalue weighted by Gasteiger charge is 2.00. The van der Waals surface area contributed by atoms with Crippen LogP contribution >= 0.6 is 8.69 Å². The van der Waals surface area contributed by atoms with Crippen molar-refractivity contribution in [2.75, 3.05) is 6.61 Å². The summed E-state index contributed by atoms with van der Waals surface area (Å²) in [5.41, 5.74) is 0. The monoisotopic (exact) mass is 162 g/mol. The molecular formula is C7H15O2P. The van der Waals surface area contributed by atoms with Crippen LogP contribution < -0.4 is 0 Å². The van der Waals surface area contributed by atoms with Gasteiger partial charge in [-0.05, 0) is 12.3 Å². The first-order chi connectivity index (χ1) is 4.81. The van der Waals surface area contributed by atoms with Gasteiger partial charge in [0.2, 0.25) is 0 Å². The molecule has 0 rings (SSSR count). The highest BCUT2D eigenvalue weighted by atomic mass is 31.1. The van der Waals surface area contributed by atoms with Crippen LogP contribution in [-0.2, 0) is 9.09 Å². The summed E-state index contributed by atoms with van der Waals surface area (Å²) < 4.78 is 14.6. The second-order valence-corrected chi connectivity index (χ2v) is 3.02. The molecule has 1 atom stereocenters. The van der Waals surface area contributed by atoms with E-state index in [0.717, 1.165) is 0 Å². The summed E-state index contributed by atoms with van der Waals surface area (Å²) in [6.45, 7) is 4.89. The minimum atomic E-state index is -0.190. The Morgan fingerprint density at radius 1 is 1.60 bits per heavy atom. The molecule has 0 aliphatic heterocycles. The van der Waals surface area contributed by atoms with Crippen LogP contribution in [0.15, 0.2) is 0 Å². The van der Waals surface area contributed by atoms with Gasteiger partial charge in [-0.3, -0.25) is 4.52 Å². The molecule has 0 saturated heterocycles. The maximum atomic E-state index is 9.86. The predicted octanol–water partition coefficient (Wildman–Crippen LogP) is 3.04. The molecule has 0 radical (unpaired) electrons. The molecule has 0 aromatic heterocycles. The lowest BCUT2D eigenvalue weighted by Gasteiger charge is -2.06. The third kappa shape index (κ3) is 6.18. The van der Waals surface area contributed by atoms with Crippen molar-refractivity contribution in [1.29, 1.82) is 0 Å². The number of hydrogen-bond donors (Lipinski definition) is 0. The van der Waals surface area contributed by atoms with Crippen LogP contribution in [0.1, 0.15) is 33.1 Å². The molecule has 0 amide bonds. The van der Waals surface area contributed by atoms with E-state index in [2.05, 4.69) is 13.8 Å². The second-order valence-electron chi connectivity index (χ2n) is 2.62. The smallest absolute Gasteiger partial charge is 0.294 e. The third-order valence-corrected chi connectivity index (χ3v) is 1.72. The Morgan fingerprint density at radius 3 is 2.80 bits per heavy atom. The van der Waals surface area contributed by atoms with E-state index >= 15 is 0 Å². The van der Waals surface area contributed by atoms with Crippen molar-refractivity contribution in [1.82, 2.24) is 0 Å². The van der Waals surface area contributed by atoms with Crippen molar-refractivity contribution in [2.45, 2.75) is 33.1 Å². The molecular weight excluding hydrogens is 147 g/mol. The standard InChI is InChI=1S/C7H15O2P/c1-3-4-5-7(2)6-9-10-8/h7H,3-6H2,1-2H3. The van der Waals surface area contributed by atoms with Gasteiger partial charge in [0.25, 0.3) is 0 Å². The van der Waals surface area contributed by atoms with Gasteiger partial charge in [0.15, 0.2) is 0 Å². The normalized spacial score (nSPS) is 13.8. The zero-order valence-corrected chi connectivity index (χ0v) is 7.56. The molecule has 60 valence electrons. The molecule has 1 unspecified atom stereocenters. The molecule has 0 saturated carbocycles. The molecule has 0 N–H and O–H groups in total. The molecule has 0 heterocycles. The minimum absolute atomic E-state index is 0.190. The van der Waals surface area contributed by atoms with E-state index in [4.69, 9.17) is 4.52 Å². The SMILES string of the molecule is CCCCC(C)COP=O. The van der Waals surface area contributed by atoms with Crippen molar-refractivity contribution in [3.63, 3.8) is 0 Å². The molecule has 0 spiro atoms. The Labute approximate surface area is 64.2 Å². The van der Waals surface area contributed by atoms with Crippen molar-refractivity contribution in [3.8, 4) is 0 Å². The van der Waals surface area contributed by atoms with Crippen LogP contribution in [0.5, 0.6) is 0 Å². The fourth-order valence-electron chi connectivity index (χ4n) is 0.794. The van der Waals surface area contributed by atoms with Gasteiger partial charge in [0.05, 0.1) is 6.61 Å². The molecule has 0 aliphatic rings. The van der Waals surface area contributed by atoms with Crippen molar-refractivity contribution in [2.24, 2.45) is 5.92 Å². The van der Waals surface area contributed by atoms with Crippen LogP contribution in [0.2, 0.25) is 0 Å². The predicted molar refractivity (Wildman–Crippen MR) is 42.2 cm³/mol. The molecule has 0 aliphatic carbocycles. The summed E-state index contributed by atoms with van der Waals surface area (Å²) in [5, 5.41) is 0. The maximum absolute atomic E-state index is 9.86. The first kappa shape index (κ1) is 10.1. The van der Waals surface area contributed by atoms with Gasteiger partial charge in [-0.2, -0.15) is 0 Å². The zero-order chi connectivity index (χ0) is 7.82. The Morgan fingerprint density at radius 2 is 2.30 bits per heavy atom. The lowest BCUT2D eigenvalue weighted by atomic mass is 10.1. The molecule has 0 fully saturated rings. The van der Waals surface area contributed by atoms with Gasteiger partial charge < -0.3 is 0 Å². The molecule has 0 aromatic rings. The van der Waals surface area contributed by atoms with Crippen LogP contribution in [0.25, 0.3) is 0 Å². The Kier molecular flexibility index (Phi) is 7.21. The van der Waals surface area contributed by atoms with E-state index in [9.17, 15) is 4.57 Å². The van der Waals surface area contributed by atoms with Crippen molar-refractivity contribution < 1.29 is 9.09 Å². The molecule has 2 nitrogen and oxygen atoms in total. The Balaban J connectivity index is 3.07. The van der Waals surface area contributed by atoms with E-state index in [1.54, 1.807) is 0 Å². The van der Waals surface area contributed by atoms with Gasteiger partial charge in [-0.1, -0.05) is 26.7 Å². The summed E-state index contributed by atoms with van der Waals surface area (Å²) in [6.07, 6.45) is 3.63. The van der Waals surface area contributed by atoms with Crippen molar-refractivity contribution in [3.05, 3.63) is 0 Å². The first-order valence-corrected chi connectivity index (χ1v) is 4.49. The zero-order valence-electron chi connectivity index (χ0n) is 6.67. The average Bonchev–Trinajstić information content (AvgIpc) is 1.97. The summed E-state index contributed by atoms with van der Waals surface area (Å²) >= 11 is 0. The first-order valence-electron chi connectivity index (χ1n) is 3.75. The number of hydrogen-bond acceptors (Lipinski definition) is 2. The summed E-state index contributed by atoms with van der Waals surface area (Å²) in [6, 6.07) is 0. The lowest BCUT2D eigenvalue weighted by Crippen LogP contribution is -2.00. The van der Waals surface area contributed by atoms with Gasteiger partial charge >= 0.3 is 8.69 Å². The van der Waals surface area contributed by atoms with Crippen molar-refractivity contribution >= 4 is 8.69 Å². The van der Waals surface area contributed by atoms with E-state index in [0.29, 0.717) is 12.5 Å². The molecule has 0 bridgehead atoms. The molecule has 0 aromatic carbocycles. The van der Waals surface area contributed by atoms with E-state index in [1.807, 2.05) is 0 Å². The summed E-state index contributed by atoms with van der Waals surface area (Å²) in [5.74, 6) is 0.543. The van der Waals surface area contributed by atoms with E-state index in [1.165, 1.54) is 19.3 Å².